The molecule has 0 bridgehead atoms. The summed E-state index contributed by atoms with van der Waals surface area (Å²) in [6.45, 7) is 11.8. The first-order valence-corrected chi connectivity index (χ1v) is 7.01. The van der Waals surface area contributed by atoms with E-state index in [1.54, 1.807) is 0 Å². The summed E-state index contributed by atoms with van der Waals surface area (Å²) < 4.78 is 11.4. The minimum atomic E-state index is -0.693. The van der Waals surface area contributed by atoms with Crippen LogP contribution in [0.2, 0.25) is 5.04 Å². The maximum absolute atomic E-state index is 11.1. The van der Waals surface area contributed by atoms with Crippen molar-refractivity contribution < 1.29 is 13.6 Å². The van der Waals surface area contributed by atoms with Crippen LogP contribution in [0.1, 0.15) is 58.0 Å². The minimum absolute atomic E-state index is 0.118. The molecule has 1 aromatic heterocycles. The number of carbonyl (C=O) groups excluding carboxylic acids is 1. The lowest BCUT2D eigenvalue weighted by Gasteiger charge is -2.27. The monoisotopic (exact) mass is 255 g/mol. The van der Waals surface area contributed by atoms with Crippen LogP contribution in [0.15, 0.2) is 10.6 Å². The van der Waals surface area contributed by atoms with Crippen LogP contribution in [0.5, 0.6) is 0 Å². The predicted octanol–water partition coefficient (Wildman–Crippen LogP) is 2.43. The lowest BCUT2D eigenvalue weighted by molar-refractivity contribution is 0.0735. The summed E-state index contributed by atoms with van der Waals surface area (Å²) in [4.78, 5) is 15.3. The predicted molar refractivity (Wildman–Crippen MR) is 68.9 cm³/mol. The molecule has 0 aliphatic rings. The summed E-state index contributed by atoms with van der Waals surface area (Å²) >= 11 is 0. The zero-order valence-corrected chi connectivity index (χ0v) is 12.9. The molecule has 5 heteroatoms. The molecule has 0 saturated heterocycles. The third kappa shape index (κ3) is 4.09. The molecule has 0 aliphatic carbocycles. The summed E-state index contributed by atoms with van der Waals surface area (Å²) in [6, 6.07) is 0. The van der Waals surface area contributed by atoms with Gasteiger partial charge in [0.05, 0.1) is 6.20 Å². The van der Waals surface area contributed by atoms with Crippen molar-refractivity contribution in [2.45, 2.75) is 52.2 Å². The molecule has 1 aromatic rings. The Kier molecular flexibility index (Phi) is 3.94. The highest BCUT2D eigenvalue weighted by atomic mass is 28.2. The van der Waals surface area contributed by atoms with Gasteiger partial charge in [0.25, 0.3) is 0 Å². The van der Waals surface area contributed by atoms with E-state index >= 15 is 0 Å². The molecule has 0 radical (unpaired) electrons. The van der Waals surface area contributed by atoms with Gasteiger partial charge < -0.3 is 8.84 Å². The van der Waals surface area contributed by atoms with Crippen LogP contribution in [-0.4, -0.2) is 20.5 Å². The summed E-state index contributed by atoms with van der Waals surface area (Å²) in [7, 11) is -0.693. The summed E-state index contributed by atoms with van der Waals surface area (Å²) in [5.74, 6) is 0.640. The molecule has 0 amide bonds. The maximum Gasteiger partial charge on any atom is 0.225 e. The average molecular weight is 255 g/mol. The quantitative estimate of drug-likeness (QED) is 0.612. The molecule has 4 nitrogen and oxygen atoms in total. The second-order valence-corrected chi connectivity index (χ2v) is 8.64. The van der Waals surface area contributed by atoms with Crippen molar-refractivity contribution in [2.75, 3.05) is 0 Å². The number of oxazole rings is 1. The molecule has 0 fully saturated rings. The highest BCUT2D eigenvalue weighted by Crippen LogP contribution is 2.29. The van der Waals surface area contributed by atoms with Crippen LogP contribution in [0.4, 0.5) is 0 Å². The van der Waals surface area contributed by atoms with E-state index in [2.05, 4.69) is 25.8 Å². The number of Topliss-reactive ketones (excluding diaryl/α,β-unsaturated/α-hetero) is 1. The topological polar surface area (TPSA) is 52.3 Å². The van der Waals surface area contributed by atoms with Gasteiger partial charge in [-0.05, 0) is 18.9 Å². The Morgan fingerprint density at radius 1 is 1.35 bits per heavy atom. The third-order valence-electron chi connectivity index (χ3n) is 2.23. The first-order chi connectivity index (χ1) is 7.62. The van der Waals surface area contributed by atoms with Crippen molar-refractivity contribution in [1.82, 2.24) is 4.98 Å². The fourth-order valence-electron chi connectivity index (χ4n) is 1.17. The molecule has 1 heterocycles. The van der Waals surface area contributed by atoms with E-state index in [0.29, 0.717) is 5.89 Å². The molecule has 0 atom stereocenters. The van der Waals surface area contributed by atoms with E-state index in [9.17, 15) is 4.79 Å². The van der Waals surface area contributed by atoms with Crippen LogP contribution in [0.25, 0.3) is 0 Å². The standard InChI is InChI=1S/C12H21NO3Si/c1-8(14)9-7-13-10(15-9)12(5,6)16-17-11(2,3)4/h7H,17H2,1-6H3. The molecular weight excluding hydrogens is 234 g/mol. The van der Waals surface area contributed by atoms with Gasteiger partial charge in [0.2, 0.25) is 5.89 Å². The zero-order chi connectivity index (χ0) is 13.3. The van der Waals surface area contributed by atoms with Gasteiger partial charge in [0.1, 0.15) is 5.60 Å². The largest absolute Gasteiger partial charge is 0.435 e. The Morgan fingerprint density at radius 3 is 2.35 bits per heavy atom. The minimum Gasteiger partial charge on any atom is -0.435 e. The van der Waals surface area contributed by atoms with Gasteiger partial charge in [-0.3, -0.25) is 4.79 Å². The molecule has 1 rings (SSSR count). The van der Waals surface area contributed by atoms with Crippen molar-refractivity contribution in [1.29, 1.82) is 0 Å². The number of rotatable bonds is 4. The maximum atomic E-state index is 11.1. The van der Waals surface area contributed by atoms with E-state index in [0.717, 1.165) is 0 Å². The Labute approximate surface area is 105 Å². The molecule has 0 aromatic carbocycles. The van der Waals surface area contributed by atoms with Gasteiger partial charge in [0.15, 0.2) is 21.3 Å². The number of ketones is 1. The second kappa shape index (κ2) is 4.74. The normalized spacial score (nSPS) is 13.5. The van der Waals surface area contributed by atoms with Gasteiger partial charge >= 0.3 is 0 Å². The van der Waals surface area contributed by atoms with E-state index in [4.69, 9.17) is 8.84 Å². The number of carbonyl (C=O) groups is 1. The SMILES string of the molecule is CC(=O)c1cnc(C(C)(C)O[SiH2]C(C)(C)C)o1. The number of nitrogens with zero attached hydrogens (tertiary/aromatic N) is 1. The van der Waals surface area contributed by atoms with Crippen molar-refractivity contribution in [3.05, 3.63) is 17.8 Å². The first-order valence-electron chi connectivity index (χ1n) is 5.73. The zero-order valence-electron chi connectivity index (χ0n) is 11.5. The van der Waals surface area contributed by atoms with E-state index in [1.165, 1.54) is 13.1 Å². The Bertz CT molecular complexity index is 404. The first kappa shape index (κ1) is 14.1. The smallest absolute Gasteiger partial charge is 0.225 e. The fraction of sp³-hybridized carbons (Fsp3) is 0.667. The third-order valence-corrected chi connectivity index (χ3v) is 3.97. The second-order valence-electron chi connectivity index (χ2n) is 5.95. The number of hydrogen-bond acceptors (Lipinski definition) is 4. The average Bonchev–Trinajstić information content (AvgIpc) is 2.63. The summed E-state index contributed by atoms with van der Waals surface area (Å²) in [5.41, 5.74) is -0.562. The summed E-state index contributed by atoms with van der Waals surface area (Å²) in [6.07, 6.45) is 1.46. The molecule has 0 N–H and O–H groups in total. The van der Waals surface area contributed by atoms with Crippen LogP contribution in [-0.2, 0) is 10.0 Å². The highest BCUT2D eigenvalue weighted by Gasteiger charge is 2.29. The van der Waals surface area contributed by atoms with Crippen LogP contribution in [0.3, 0.4) is 0 Å². The number of hydrogen-bond donors (Lipinski definition) is 0. The molecule has 0 aliphatic heterocycles. The summed E-state index contributed by atoms with van der Waals surface area (Å²) in [5, 5.41) is 0.216. The molecule has 17 heavy (non-hydrogen) atoms. The van der Waals surface area contributed by atoms with Crippen LogP contribution in [0, 0.1) is 0 Å². The van der Waals surface area contributed by atoms with Crippen molar-refractivity contribution in [2.24, 2.45) is 0 Å². The van der Waals surface area contributed by atoms with Crippen molar-refractivity contribution in [3.63, 3.8) is 0 Å². The lowest BCUT2D eigenvalue weighted by atomic mass is 10.1. The molecular formula is C12H21NO3Si. The van der Waals surface area contributed by atoms with E-state index < -0.39 is 15.4 Å². The van der Waals surface area contributed by atoms with Crippen LogP contribution >= 0.6 is 0 Å². The van der Waals surface area contributed by atoms with Gasteiger partial charge in [0, 0.05) is 6.92 Å². The molecule has 0 saturated carbocycles. The Hall–Kier alpha value is -0.943. The Balaban J connectivity index is 2.78. The van der Waals surface area contributed by atoms with E-state index in [1.807, 2.05) is 13.8 Å². The van der Waals surface area contributed by atoms with Gasteiger partial charge in [-0.15, -0.1) is 0 Å². The fourth-order valence-corrected chi connectivity index (χ4v) is 2.09. The molecule has 0 unspecified atom stereocenters. The van der Waals surface area contributed by atoms with Gasteiger partial charge in [-0.25, -0.2) is 4.98 Å². The van der Waals surface area contributed by atoms with Gasteiger partial charge in [-0.2, -0.15) is 0 Å². The Morgan fingerprint density at radius 2 is 1.94 bits per heavy atom. The van der Waals surface area contributed by atoms with Gasteiger partial charge in [-0.1, -0.05) is 20.8 Å². The number of aromatic nitrogens is 1. The molecule has 96 valence electrons. The lowest BCUT2D eigenvalue weighted by Crippen LogP contribution is -2.27. The van der Waals surface area contributed by atoms with E-state index in [-0.39, 0.29) is 16.6 Å². The van der Waals surface area contributed by atoms with Crippen molar-refractivity contribution in [3.8, 4) is 0 Å². The van der Waals surface area contributed by atoms with Crippen LogP contribution < -0.4 is 0 Å². The highest BCUT2D eigenvalue weighted by molar-refractivity contribution is 6.31. The van der Waals surface area contributed by atoms with Crippen molar-refractivity contribution >= 4 is 15.5 Å². The molecule has 0 spiro atoms.